The third kappa shape index (κ3) is 5.10. The molecule has 0 bridgehead atoms. The molecule has 1 aromatic carbocycles. The van der Waals surface area contributed by atoms with Gasteiger partial charge in [-0.05, 0) is 56.5 Å². The van der Waals surface area contributed by atoms with Crippen LogP contribution in [0.3, 0.4) is 0 Å². The minimum Gasteiger partial charge on any atom is -0.491 e. The number of ether oxygens (including phenoxy) is 1. The molecule has 1 fully saturated rings. The molecule has 1 aliphatic rings. The van der Waals surface area contributed by atoms with Crippen molar-refractivity contribution < 1.29 is 9.53 Å². The summed E-state index contributed by atoms with van der Waals surface area (Å²) >= 11 is 0. The number of aromatic nitrogens is 2. The van der Waals surface area contributed by atoms with Crippen LogP contribution in [0.15, 0.2) is 30.5 Å². The molecule has 1 unspecified atom stereocenters. The van der Waals surface area contributed by atoms with Gasteiger partial charge in [-0.3, -0.25) is 9.48 Å². The number of hydrogen-bond donors (Lipinski definition) is 1. The molecule has 0 aliphatic carbocycles. The zero-order valence-corrected chi connectivity index (χ0v) is 16.6. The van der Waals surface area contributed by atoms with Gasteiger partial charge >= 0.3 is 0 Å². The molecule has 1 saturated heterocycles. The fourth-order valence-corrected chi connectivity index (χ4v) is 3.45. The largest absolute Gasteiger partial charge is 0.491 e. The van der Waals surface area contributed by atoms with E-state index in [-0.39, 0.29) is 12.5 Å². The van der Waals surface area contributed by atoms with Crippen molar-refractivity contribution in [1.82, 2.24) is 20.0 Å². The zero-order chi connectivity index (χ0) is 19.2. The van der Waals surface area contributed by atoms with Crippen LogP contribution in [0.4, 0.5) is 0 Å². The van der Waals surface area contributed by atoms with E-state index in [0.29, 0.717) is 19.1 Å². The van der Waals surface area contributed by atoms with Gasteiger partial charge in [0.05, 0.1) is 6.54 Å². The second kappa shape index (κ2) is 9.04. The Morgan fingerprint density at radius 2 is 2.22 bits per heavy atom. The lowest BCUT2D eigenvalue weighted by atomic mass is 9.96. The number of rotatable bonds is 7. The third-order valence-electron chi connectivity index (χ3n) is 5.20. The summed E-state index contributed by atoms with van der Waals surface area (Å²) < 4.78 is 7.72. The molecule has 1 amide bonds. The van der Waals surface area contributed by atoms with Gasteiger partial charge in [-0.2, -0.15) is 5.10 Å². The van der Waals surface area contributed by atoms with Crippen LogP contribution in [0.5, 0.6) is 5.75 Å². The standard InChI is InChI=1S/C21H30N4O2/c1-16-6-7-17(2)20(13-16)27-12-11-24(3)21(26)15-25-19(8-10-23-25)18-5-4-9-22-14-18/h6-8,10,13,18,22H,4-5,9,11-12,14-15H2,1-3H3. The number of amides is 1. The lowest BCUT2D eigenvalue weighted by Crippen LogP contribution is -2.35. The van der Waals surface area contributed by atoms with Crippen LogP contribution in [-0.2, 0) is 11.3 Å². The molecule has 1 N–H and O–H groups in total. The van der Waals surface area contributed by atoms with Crippen molar-refractivity contribution in [2.75, 3.05) is 33.3 Å². The monoisotopic (exact) mass is 370 g/mol. The van der Waals surface area contributed by atoms with Gasteiger partial charge in [0.25, 0.3) is 0 Å². The highest BCUT2D eigenvalue weighted by atomic mass is 16.5. The Labute approximate surface area is 161 Å². The maximum atomic E-state index is 12.6. The van der Waals surface area contributed by atoms with Gasteiger partial charge in [0.2, 0.25) is 5.91 Å². The van der Waals surface area contributed by atoms with Crippen LogP contribution in [0.25, 0.3) is 0 Å². The first kappa shape index (κ1) is 19.4. The molecule has 0 radical (unpaired) electrons. The van der Waals surface area contributed by atoms with E-state index in [2.05, 4.69) is 22.5 Å². The quantitative estimate of drug-likeness (QED) is 0.814. The van der Waals surface area contributed by atoms with Gasteiger partial charge in [0.1, 0.15) is 18.9 Å². The Kier molecular flexibility index (Phi) is 6.50. The number of benzene rings is 1. The van der Waals surface area contributed by atoms with E-state index >= 15 is 0 Å². The zero-order valence-electron chi connectivity index (χ0n) is 16.6. The van der Waals surface area contributed by atoms with Crippen molar-refractivity contribution >= 4 is 5.91 Å². The maximum absolute atomic E-state index is 12.6. The predicted octanol–water partition coefficient (Wildman–Crippen LogP) is 2.50. The van der Waals surface area contributed by atoms with Gasteiger partial charge in [0, 0.05) is 31.4 Å². The van der Waals surface area contributed by atoms with Crippen LogP contribution in [-0.4, -0.2) is 53.9 Å². The summed E-state index contributed by atoms with van der Waals surface area (Å²) in [6.45, 7) is 7.41. The molecular weight excluding hydrogens is 340 g/mol. The van der Waals surface area contributed by atoms with Crippen molar-refractivity contribution in [2.45, 2.75) is 39.2 Å². The summed E-state index contributed by atoms with van der Waals surface area (Å²) in [7, 11) is 1.82. The molecular formula is C21H30N4O2. The smallest absolute Gasteiger partial charge is 0.244 e. The van der Waals surface area contributed by atoms with E-state index in [1.54, 1.807) is 11.1 Å². The van der Waals surface area contributed by atoms with Gasteiger partial charge in [-0.25, -0.2) is 0 Å². The Balaban J connectivity index is 1.51. The highest BCUT2D eigenvalue weighted by Crippen LogP contribution is 2.23. The number of piperidine rings is 1. The van der Waals surface area contributed by atoms with E-state index in [1.807, 2.05) is 37.7 Å². The van der Waals surface area contributed by atoms with E-state index in [0.717, 1.165) is 36.5 Å². The first-order valence-corrected chi connectivity index (χ1v) is 9.71. The van der Waals surface area contributed by atoms with Crippen LogP contribution in [0.2, 0.25) is 0 Å². The number of aryl methyl sites for hydroxylation is 2. The Morgan fingerprint density at radius 1 is 1.37 bits per heavy atom. The van der Waals surface area contributed by atoms with E-state index in [4.69, 9.17) is 4.74 Å². The molecule has 3 rings (SSSR count). The fourth-order valence-electron chi connectivity index (χ4n) is 3.45. The van der Waals surface area contributed by atoms with E-state index in [1.165, 1.54) is 12.0 Å². The molecule has 0 spiro atoms. The fraction of sp³-hybridized carbons (Fsp3) is 0.524. The lowest BCUT2D eigenvalue weighted by molar-refractivity contribution is -0.131. The molecule has 27 heavy (non-hydrogen) atoms. The SMILES string of the molecule is Cc1ccc(C)c(OCCN(C)C(=O)Cn2nccc2C2CCCNC2)c1. The Hall–Kier alpha value is -2.34. The number of nitrogens with one attached hydrogen (secondary N) is 1. The van der Waals surface area contributed by atoms with Crippen molar-refractivity contribution in [3.05, 3.63) is 47.3 Å². The van der Waals surface area contributed by atoms with Crippen LogP contribution in [0, 0.1) is 13.8 Å². The average Bonchev–Trinajstić information content (AvgIpc) is 3.13. The molecule has 1 aliphatic heterocycles. The second-order valence-electron chi connectivity index (χ2n) is 7.39. The molecule has 1 aromatic heterocycles. The number of hydrogen-bond acceptors (Lipinski definition) is 4. The molecule has 6 heteroatoms. The lowest BCUT2D eigenvalue weighted by Gasteiger charge is -2.24. The average molecular weight is 370 g/mol. The number of likely N-dealkylation sites (N-methyl/N-ethyl adjacent to an activating group) is 1. The summed E-state index contributed by atoms with van der Waals surface area (Å²) in [5, 5.41) is 7.80. The molecule has 6 nitrogen and oxygen atoms in total. The van der Waals surface area contributed by atoms with Crippen LogP contribution < -0.4 is 10.1 Å². The topological polar surface area (TPSA) is 59.4 Å². The first-order chi connectivity index (χ1) is 13.0. The number of carbonyl (C=O) groups is 1. The van der Waals surface area contributed by atoms with Gasteiger partial charge < -0.3 is 15.0 Å². The van der Waals surface area contributed by atoms with Crippen molar-refractivity contribution in [2.24, 2.45) is 0 Å². The van der Waals surface area contributed by atoms with Gasteiger partial charge in [-0.1, -0.05) is 12.1 Å². The van der Waals surface area contributed by atoms with E-state index in [9.17, 15) is 4.79 Å². The minimum absolute atomic E-state index is 0.0493. The van der Waals surface area contributed by atoms with Crippen molar-refractivity contribution in [1.29, 1.82) is 0 Å². The summed E-state index contributed by atoms with van der Waals surface area (Å²) in [6, 6.07) is 8.19. The highest BCUT2D eigenvalue weighted by Gasteiger charge is 2.20. The summed E-state index contributed by atoms with van der Waals surface area (Å²) in [4.78, 5) is 14.3. The third-order valence-corrected chi connectivity index (χ3v) is 5.20. The predicted molar refractivity (Wildman–Crippen MR) is 106 cm³/mol. The van der Waals surface area contributed by atoms with Gasteiger partial charge in [0.15, 0.2) is 0 Å². The van der Waals surface area contributed by atoms with Crippen LogP contribution in [0.1, 0.15) is 35.6 Å². The first-order valence-electron chi connectivity index (χ1n) is 9.71. The normalized spacial score (nSPS) is 16.9. The molecule has 146 valence electrons. The number of carbonyl (C=O) groups excluding carboxylic acids is 1. The summed E-state index contributed by atoms with van der Waals surface area (Å²) in [5.74, 6) is 1.37. The number of nitrogens with zero attached hydrogens (tertiary/aromatic N) is 3. The molecule has 2 aromatic rings. The Bertz CT molecular complexity index is 765. The summed E-state index contributed by atoms with van der Waals surface area (Å²) in [6.07, 6.45) is 4.10. The van der Waals surface area contributed by atoms with Crippen molar-refractivity contribution in [3.63, 3.8) is 0 Å². The molecule has 0 saturated carbocycles. The minimum atomic E-state index is 0.0493. The molecule has 1 atom stereocenters. The molecule has 2 heterocycles. The highest BCUT2D eigenvalue weighted by molar-refractivity contribution is 5.75. The maximum Gasteiger partial charge on any atom is 0.244 e. The van der Waals surface area contributed by atoms with Crippen molar-refractivity contribution in [3.8, 4) is 5.75 Å². The Morgan fingerprint density at radius 3 is 3.00 bits per heavy atom. The van der Waals surface area contributed by atoms with E-state index < -0.39 is 0 Å². The second-order valence-corrected chi connectivity index (χ2v) is 7.39. The van der Waals surface area contributed by atoms with Crippen LogP contribution >= 0.6 is 0 Å². The van der Waals surface area contributed by atoms with Gasteiger partial charge in [-0.15, -0.1) is 0 Å². The summed E-state index contributed by atoms with van der Waals surface area (Å²) in [5.41, 5.74) is 3.43.